The summed E-state index contributed by atoms with van der Waals surface area (Å²) in [5.41, 5.74) is 2.05. The van der Waals surface area contributed by atoms with Gasteiger partial charge < -0.3 is 10.1 Å². The van der Waals surface area contributed by atoms with E-state index in [2.05, 4.69) is 10.3 Å². The van der Waals surface area contributed by atoms with Gasteiger partial charge in [-0.15, -0.1) is 0 Å². The van der Waals surface area contributed by atoms with Crippen LogP contribution in [0.5, 0.6) is 0 Å². The van der Waals surface area contributed by atoms with Gasteiger partial charge in [-0.25, -0.2) is 0 Å². The van der Waals surface area contributed by atoms with E-state index in [1.165, 1.54) is 7.11 Å². The first kappa shape index (κ1) is 12.6. The number of rotatable bonds is 5. The predicted molar refractivity (Wildman–Crippen MR) is 61.9 cm³/mol. The molecule has 4 nitrogen and oxygen atoms in total. The van der Waals surface area contributed by atoms with Crippen molar-refractivity contribution in [2.45, 2.75) is 32.9 Å². The highest BCUT2D eigenvalue weighted by Gasteiger charge is 2.15. The highest BCUT2D eigenvalue weighted by Crippen LogP contribution is 2.01. The number of methoxy groups -OCH3 is 1. The molecule has 1 heterocycles. The third kappa shape index (κ3) is 3.62. The fraction of sp³-hybridized carbons (Fsp3) is 0.500. The molecule has 0 spiro atoms. The number of carbonyl (C=O) groups is 1. The summed E-state index contributed by atoms with van der Waals surface area (Å²) < 4.78 is 4.69. The van der Waals surface area contributed by atoms with E-state index >= 15 is 0 Å². The van der Waals surface area contributed by atoms with E-state index < -0.39 is 0 Å². The molecule has 0 saturated carbocycles. The largest absolute Gasteiger partial charge is 0.468 e. The lowest BCUT2D eigenvalue weighted by Crippen LogP contribution is -2.36. The van der Waals surface area contributed by atoms with E-state index in [1.807, 2.05) is 32.2 Å². The summed E-state index contributed by atoms with van der Waals surface area (Å²) in [6.07, 6.45) is 2.53. The Morgan fingerprint density at radius 2 is 2.31 bits per heavy atom. The van der Waals surface area contributed by atoms with Crippen LogP contribution in [-0.2, 0) is 16.1 Å². The highest BCUT2D eigenvalue weighted by atomic mass is 16.5. The number of aryl methyl sites for hydroxylation is 1. The van der Waals surface area contributed by atoms with Crippen molar-refractivity contribution in [1.29, 1.82) is 0 Å². The number of esters is 1. The summed E-state index contributed by atoms with van der Waals surface area (Å²) in [4.78, 5) is 15.5. The first-order valence-corrected chi connectivity index (χ1v) is 5.40. The maximum Gasteiger partial charge on any atom is 0.322 e. The third-order valence-corrected chi connectivity index (χ3v) is 2.42. The molecule has 0 radical (unpaired) electrons. The maximum atomic E-state index is 11.3. The van der Waals surface area contributed by atoms with E-state index in [1.54, 1.807) is 0 Å². The second-order valence-electron chi connectivity index (χ2n) is 3.67. The quantitative estimate of drug-likeness (QED) is 0.766. The average Bonchev–Trinajstić information content (AvgIpc) is 2.31. The number of ether oxygens (including phenoxy) is 1. The normalized spacial score (nSPS) is 12.2. The maximum absolute atomic E-state index is 11.3. The van der Waals surface area contributed by atoms with E-state index in [9.17, 15) is 4.79 Å². The minimum absolute atomic E-state index is 0.220. The van der Waals surface area contributed by atoms with Crippen LogP contribution in [0.4, 0.5) is 0 Å². The molecule has 0 amide bonds. The Morgan fingerprint density at radius 1 is 1.56 bits per heavy atom. The summed E-state index contributed by atoms with van der Waals surface area (Å²) in [6, 6.07) is 3.71. The van der Waals surface area contributed by atoms with Crippen LogP contribution in [0.2, 0.25) is 0 Å². The van der Waals surface area contributed by atoms with Crippen LogP contribution in [0.15, 0.2) is 18.3 Å². The van der Waals surface area contributed by atoms with Gasteiger partial charge in [-0.3, -0.25) is 9.78 Å². The van der Waals surface area contributed by atoms with Crippen LogP contribution >= 0.6 is 0 Å². The molecule has 1 aromatic heterocycles. The molecule has 16 heavy (non-hydrogen) atoms. The number of hydrogen-bond acceptors (Lipinski definition) is 4. The lowest BCUT2D eigenvalue weighted by atomic mass is 10.2. The minimum atomic E-state index is -0.244. The van der Waals surface area contributed by atoms with Gasteiger partial charge in [0.2, 0.25) is 0 Å². The Bertz CT molecular complexity index is 335. The molecule has 1 unspecified atom stereocenters. The molecule has 0 fully saturated rings. The molecule has 1 atom stereocenters. The van der Waals surface area contributed by atoms with Crippen LogP contribution in [0, 0.1) is 6.92 Å². The first-order chi connectivity index (χ1) is 7.67. The zero-order chi connectivity index (χ0) is 12.0. The second-order valence-corrected chi connectivity index (χ2v) is 3.67. The van der Waals surface area contributed by atoms with Gasteiger partial charge in [0.15, 0.2) is 0 Å². The standard InChI is InChI=1S/C12H18N2O2/c1-4-11(12(15)16-3)14-8-10-6-5-9(2)13-7-10/h5-7,11,14H,4,8H2,1-3H3. The number of nitrogens with one attached hydrogen (secondary N) is 1. The van der Waals surface area contributed by atoms with Crippen molar-refractivity contribution in [2.24, 2.45) is 0 Å². The Labute approximate surface area is 96.0 Å². The second kappa shape index (κ2) is 6.23. The van der Waals surface area contributed by atoms with Crippen molar-refractivity contribution in [2.75, 3.05) is 7.11 Å². The first-order valence-electron chi connectivity index (χ1n) is 5.40. The zero-order valence-electron chi connectivity index (χ0n) is 9.99. The lowest BCUT2D eigenvalue weighted by Gasteiger charge is -2.14. The molecule has 0 aliphatic rings. The van der Waals surface area contributed by atoms with E-state index in [-0.39, 0.29) is 12.0 Å². The third-order valence-electron chi connectivity index (χ3n) is 2.42. The molecular formula is C12H18N2O2. The zero-order valence-corrected chi connectivity index (χ0v) is 9.99. The van der Waals surface area contributed by atoms with Crippen LogP contribution < -0.4 is 5.32 Å². The summed E-state index contributed by atoms with van der Waals surface area (Å²) in [5, 5.41) is 3.14. The lowest BCUT2D eigenvalue weighted by molar-refractivity contribution is -0.143. The van der Waals surface area contributed by atoms with Gasteiger partial charge in [0.25, 0.3) is 0 Å². The number of carbonyl (C=O) groups excluding carboxylic acids is 1. The molecule has 1 N–H and O–H groups in total. The van der Waals surface area contributed by atoms with Gasteiger partial charge in [-0.05, 0) is 25.0 Å². The molecule has 88 valence electrons. The smallest absolute Gasteiger partial charge is 0.322 e. The van der Waals surface area contributed by atoms with Crippen molar-refractivity contribution in [3.8, 4) is 0 Å². The number of hydrogen-bond donors (Lipinski definition) is 1. The highest BCUT2D eigenvalue weighted by molar-refractivity contribution is 5.75. The van der Waals surface area contributed by atoms with Crippen molar-refractivity contribution in [3.05, 3.63) is 29.6 Å². The van der Waals surface area contributed by atoms with Crippen molar-refractivity contribution >= 4 is 5.97 Å². The van der Waals surface area contributed by atoms with Gasteiger partial charge in [-0.1, -0.05) is 13.0 Å². The van der Waals surface area contributed by atoms with Crippen molar-refractivity contribution < 1.29 is 9.53 Å². The number of pyridine rings is 1. The molecule has 4 heteroatoms. The summed E-state index contributed by atoms with van der Waals surface area (Å²) >= 11 is 0. The molecule has 0 aromatic carbocycles. The minimum Gasteiger partial charge on any atom is -0.468 e. The van der Waals surface area contributed by atoms with E-state index in [0.29, 0.717) is 13.0 Å². The summed E-state index contributed by atoms with van der Waals surface area (Å²) in [7, 11) is 1.40. The van der Waals surface area contributed by atoms with Crippen molar-refractivity contribution in [3.63, 3.8) is 0 Å². The fourth-order valence-corrected chi connectivity index (χ4v) is 1.38. The van der Waals surface area contributed by atoms with Gasteiger partial charge in [0.05, 0.1) is 7.11 Å². The molecule has 0 saturated heterocycles. The predicted octanol–water partition coefficient (Wildman–Crippen LogP) is 1.43. The number of nitrogens with zero attached hydrogens (tertiary/aromatic N) is 1. The molecule has 0 aliphatic heterocycles. The van der Waals surface area contributed by atoms with E-state index in [0.717, 1.165) is 11.3 Å². The SMILES string of the molecule is CCC(NCc1ccc(C)nc1)C(=O)OC. The molecule has 1 aromatic rings. The Balaban J connectivity index is 2.49. The van der Waals surface area contributed by atoms with Crippen LogP contribution in [0.25, 0.3) is 0 Å². The molecule has 0 bridgehead atoms. The fourth-order valence-electron chi connectivity index (χ4n) is 1.38. The topological polar surface area (TPSA) is 51.2 Å². The van der Waals surface area contributed by atoms with Crippen LogP contribution in [-0.4, -0.2) is 24.1 Å². The molecule has 0 aliphatic carbocycles. The van der Waals surface area contributed by atoms with Crippen molar-refractivity contribution in [1.82, 2.24) is 10.3 Å². The summed E-state index contributed by atoms with van der Waals surface area (Å²) in [5.74, 6) is -0.220. The van der Waals surface area contributed by atoms with Gasteiger partial charge >= 0.3 is 5.97 Å². The van der Waals surface area contributed by atoms with Gasteiger partial charge in [0, 0.05) is 18.4 Å². The number of aromatic nitrogens is 1. The molecular weight excluding hydrogens is 204 g/mol. The van der Waals surface area contributed by atoms with E-state index in [4.69, 9.17) is 4.74 Å². The van der Waals surface area contributed by atoms with Gasteiger partial charge in [-0.2, -0.15) is 0 Å². The summed E-state index contributed by atoms with van der Waals surface area (Å²) in [6.45, 7) is 4.52. The Kier molecular flexibility index (Phi) is 4.92. The average molecular weight is 222 g/mol. The van der Waals surface area contributed by atoms with Crippen LogP contribution in [0.1, 0.15) is 24.6 Å². The van der Waals surface area contributed by atoms with Crippen LogP contribution in [0.3, 0.4) is 0 Å². The Hall–Kier alpha value is -1.42. The monoisotopic (exact) mass is 222 g/mol. The molecule has 1 rings (SSSR count). The Morgan fingerprint density at radius 3 is 2.81 bits per heavy atom. The van der Waals surface area contributed by atoms with Gasteiger partial charge in [0.1, 0.15) is 6.04 Å².